The maximum absolute atomic E-state index is 11.3. The maximum Gasteiger partial charge on any atom is 0.305 e. The lowest BCUT2D eigenvalue weighted by Gasteiger charge is -2.23. The number of thioether (sulfide) groups is 1. The summed E-state index contributed by atoms with van der Waals surface area (Å²) in [6.45, 7) is 3.29. The van der Waals surface area contributed by atoms with Gasteiger partial charge in [-0.05, 0) is 13.8 Å². The second-order valence-corrected chi connectivity index (χ2v) is 4.64. The first-order chi connectivity index (χ1) is 6.87. The smallest absolute Gasteiger partial charge is 0.305 e. The summed E-state index contributed by atoms with van der Waals surface area (Å²) >= 11 is 1.20. The normalized spacial score (nSPS) is 10.5. The van der Waals surface area contributed by atoms with E-state index >= 15 is 0 Å². The fourth-order valence-corrected chi connectivity index (χ4v) is 1.48. The molecule has 0 atom stereocenters. The van der Waals surface area contributed by atoms with E-state index in [0.29, 0.717) is 0 Å². The minimum Gasteiger partial charge on any atom is -0.481 e. The van der Waals surface area contributed by atoms with Crippen LogP contribution in [0.15, 0.2) is 0 Å². The van der Waals surface area contributed by atoms with E-state index in [0.717, 1.165) is 0 Å². The molecule has 0 saturated carbocycles. The minimum atomic E-state index is -0.954. The Morgan fingerprint density at radius 2 is 2.13 bits per heavy atom. The van der Waals surface area contributed by atoms with Crippen LogP contribution in [0.3, 0.4) is 0 Å². The van der Waals surface area contributed by atoms with Gasteiger partial charge in [0.15, 0.2) is 0 Å². The highest BCUT2D eigenvalue weighted by molar-refractivity contribution is 8.00. The molecule has 0 aromatic heterocycles. The van der Waals surface area contributed by atoms with Gasteiger partial charge in [0, 0.05) is 5.54 Å². The molecule has 0 saturated heterocycles. The average Bonchev–Trinajstić information content (AvgIpc) is 2.00. The Labute approximate surface area is 92.8 Å². The molecule has 84 valence electrons. The molecule has 0 unspecified atom stereocenters. The number of hydrogen-bond donors (Lipinski definition) is 2. The van der Waals surface area contributed by atoms with E-state index in [1.807, 2.05) is 6.07 Å². The highest BCUT2D eigenvalue weighted by Gasteiger charge is 2.23. The zero-order valence-electron chi connectivity index (χ0n) is 8.74. The Bertz CT molecular complexity index is 284. The van der Waals surface area contributed by atoms with Gasteiger partial charge in [-0.3, -0.25) is 9.59 Å². The molecule has 0 aromatic carbocycles. The van der Waals surface area contributed by atoms with E-state index in [2.05, 4.69) is 5.32 Å². The number of carboxylic acid groups (broad SMARTS) is 1. The number of carbonyl (C=O) groups is 2. The average molecular weight is 230 g/mol. The molecular weight excluding hydrogens is 216 g/mol. The summed E-state index contributed by atoms with van der Waals surface area (Å²) < 4.78 is 0. The lowest BCUT2D eigenvalue weighted by atomic mass is 10.0. The summed E-state index contributed by atoms with van der Waals surface area (Å²) in [5.41, 5.74) is -0.754. The van der Waals surface area contributed by atoms with Gasteiger partial charge in [-0.25, -0.2) is 0 Å². The summed E-state index contributed by atoms with van der Waals surface area (Å²) in [5.74, 6) is -0.768. The van der Waals surface area contributed by atoms with Crippen LogP contribution in [0.2, 0.25) is 0 Å². The molecule has 0 bridgehead atoms. The van der Waals surface area contributed by atoms with Crippen LogP contribution in [0.5, 0.6) is 0 Å². The molecule has 0 radical (unpaired) electrons. The molecule has 0 aliphatic rings. The third-order valence-electron chi connectivity index (χ3n) is 1.47. The van der Waals surface area contributed by atoms with Gasteiger partial charge in [0.1, 0.15) is 0 Å². The van der Waals surface area contributed by atoms with Crippen molar-refractivity contribution >= 4 is 23.6 Å². The summed E-state index contributed by atoms with van der Waals surface area (Å²) in [6.07, 6.45) is -0.123. The number of nitrogens with zero attached hydrogens (tertiary/aromatic N) is 1. The van der Waals surface area contributed by atoms with Crippen LogP contribution in [0, 0.1) is 11.3 Å². The highest BCUT2D eigenvalue weighted by Crippen LogP contribution is 2.08. The largest absolute Gasteiger partial charge is 0.481 e. The van der Waals surface area contributed by atoms with Crippen molar-refractivity contribution in [1.82, 2.24) is 5.32 Å². The molecule has 0 aliphatic heterocycles. The van der Waals surface area contributed by atoms with Gasteiger partial charge >= 0.3 is 5.97 Å². The Hall–Kier alpha value is -1.22. The zero-order chi connectivity index (χ0) is 11.9. The number of rotatable bonds is 6. The van der Waals surface area contributed by atoms with Gasteiger partial charge in [0.2, 0.25) is 5.91 Å². The number of nitrogens with one attached hydrogen (secondary N) is 1. The van der Waals surface area contributed by atoms with Gasteiger partial charge in [0.05, 0.1) is 24.0 Å². The third kappa shape index (κ3) is 7.82. The van der Waals surface area contributed by atoms with Crippen LogP contribution in [-0.4, -0.2) is 34.0 Å². The fraction of sp³-hybridized carbons (Fsp3) is 0.667. The minimum absolute atomic E-state index is 0.123. The van der Waals surface area contributed by atoms with Crippen molar-refractivity contribution in [1.29, 1.82) is 5.26 Å². The number of aliphatic carboxylic acids is 1. The second-order valence-electron chi connectivity index (χ2n) is 3.65. The number of hydrogen-bond acceptors (Lipinski definition) is 4. The Balaban J connectivity index is 3.94. The molecule has 5 nitrogen and oxygen atoms in total. The van der Waals surface area contributed by atoms with Crippen molar-refractivity contribution in [2.24, 2.45) is 0 Å². The molecule has 0 aliphatic carbocycles. The first kappa shape index (κ1) is 13.8. The summed E-state index contributed by atoms with van der Waals surface area (Å²) in [5, 5.41) is 19.4. The maximum atomic E-state index is 11.3. The fourth-order valence-electron chi connectivity index (χ4n) is 1.03. The van der Waals surface area contributed by atoms with Crippen LogP contribution in [0.4, 0.5) is 0 Å². The van der Waals surface area contributed by atoms with Gasteiger partial charge < -0.3 is 10.4 Å². The predicted octanol–water partition coefficient (Wildman–Crippen LogP) is 0.613. The summed E-state index contributed by atoms with van der Waals surface area (Å²) in [6, 6.07) is 1.91. The number of carboxylic acids is 1. The highest BCUT2D eigenvalue weighted by atomic mass is 32.2. The third-order valence-corrected chi connectivity index (χ3v) is 2.27. The standard InChI is InChI=1S/C9H14N2O3S/c1-9(2,5-8(13)14)11-7(12)6-15-4-3-10/h4-6H2,1-2H3,(H,11,12)(H,13,14). The molecule has 0 heterocycles. The van der Waals surface area contributed by atoms with E-state index in [1.54, 1.807) is 13.8 Å². The predicted molar refractivity (Wildman–Crippen MR) is 57.4 cm³/mol. The Kier molecular flexibility index (Phi) is 5.79. The van der Waals surface area contributed by atoms with Crippen LogP contribution < -0.4 is 5.32 Å². The quantitative estimate of drug-likeness (QED) is 0.652. The van der Waals surface area contributed by atoms with E-state index in [-0.39, 0.29) is 23.8 Å². The van der Waals surface area contributed by atoms with E-state index in [1.165, 1.54) is 11.8 Å². The van der Waals surface area contributed by atoms with Crippen molar-refractivity contribution in [2.75, 3.05) is 11.5 Å². The molecular formula is C9H14N2O3S. The van der Waals surface area contributed by atoms with Crippen molar-refractivity contribution in [2.45, 2.75) is 25.8 Å². The van der Waals surface area contributed by atoms with Crippen LogP contribution in [0.25, 0.3) is 0 Å². The van der Waals surface area contributed by atoms with Crippen molar-refractivity contribution in [3.63, 3.8) is 0 Å². The Morgan fingerprint density at radius 1 is 1.53 bits per heavy atom. The number of nitriles is 1. The molecule has 0 rings (SSSR count). The topological polar surface area (TPSA) is 90.2 Å². The molecule has 6 heteroatoms. The summed E-state index contributed by atoms with van der Waals surface area (Å²) in [7, 11) is 0. The van der Waals surface area contributed by atoms with E-state index < -0.39 is 11.5 Å². The van der Waals surface area contributed by atoms with Crippen molar-refractivity contribution in [3.8, 4) is 6.07 Å². The molecule has 1 amide bonds. The van der Waals surface area contributed by atoms with Crippen LogP contribution in [-0.2, 0) is 9.59 Å². The monoisotopic (exact) mass is 230 g/mol. The first-order valence-electron chi connectivity index (χ1n) is 4.35. The van der Waals surface area contributed by atoms with Crippen molar-refractivity contribution in [3.05, 3.63) is 0 Å². The molecule has 2 N–H and O–H groups in total. The zero-order valence-corrected chi connectivity index (χ0v) is 9.56. The van der Waals surface area contributed by atoms with Crippen LogP contribution >= 0.6 is 11.8 Å². The Morgan fingerprint density at radius 3 is 2.60 bits per heavy atom. The van der Waals surface area contributed by atoms with Gasteiger partial charge in [-0.1, -0.05) is 0 Å². The number of amides is 1. The van der Waals surface area contributed by atoms with Gasteiger partial charge in [-0.2, -0.15) is 5.26 Å². The second kappa shape index (κ2) is 6.30. The molecule has 0 fully saturated rings. The SMILES string of the molecule is CC(C)(CC(=O)O)NC(=O)CSCC#N. The van der Waals surface area contributed by atoms with E-state index in [4.69, 9.17) is 10.4 Å². The number of carbonyl (C=O) groups excluding carboxylic acids is 1. The first-order valence-corrected chi connectivity index (χ1v) is 5.50. The van der Waals surface area contributed by atoms with Crippen LogP contribution in [0.1, 0.15) is 20.3 Å². The van der Waals surface area contributed by atoms with Crippen molar-refractivity contribution < 1.29 is 14.7 Å². The molecule has 15 heavy (non-hydrogen) atoms. The lowest BCUT2D eigenvalue weighted by molar-refractivity contribution is -0.138. The van der Waals surface area contributed by atoms with Gasteiger partial charge in [0.25, 0.3) is 0 Å². The lowest BCUT2D eigenvalue weighted by Crippen LogP contribution is -2.45. The molecule has 0 aromatic rings. The molecule has 0 spiro atoms. The van der Waals surface area contributed by atoms with E-state index in [9.17, 15) is 9.59 Å². The van der Waals surface area contributed by atoms with Gasteiger partial charge in [-0.15, -0.1) is 11.8 Å². The summed E-state index contributed by atoms with van der Waals surface area (Å²) in [4.78, 5) is 21.7.